The van der Waals surface area contributed by atoms with Crippen LogP contribution in [0.2, 0.25) is 0 Å². The Morgan fingerprint density at radius 3 is 2.41 bits per heavy atom. The summed E-state index contributed by atoms with van der Waals surface area (Å²) in [6.07, 6.45) is 4.98. The number of hydrogen-bond acceptors (Lipinski definition) is 7. The van der Waals surface area contributed by atoms with E-state index in [1.165, 1.54) is 40.1 Å². The third-order valence-electron chi connectivity index (χ3n) is 4.86. The molecular formula is C23H15FN4O4S2. The van der Waals surface area contributed by atoms with Crippen LogP contribution >= 0.6 is 11.3 Å². The highest BCUT2D eigenvalue weighted by molar-refractivity contribution is 7.89. The predicted octanol–water partition coefficient (Wildman–Crippen LogP) is 2.92. The van der Waals surface area contributed by atoms with Crippen LogP contribution in [0.1, 0.15) is 17.1 Å². The zero-order chi connectivity index (χ0) is 23.9. The van der Waals surface area contributed by atoms with Gasteiger partial charge in [0.25, 0.3) is 5.56 Å². The van der Waals surface area contributed by atoms with Crippen LogP contribution in [0.4, 0.5) is 4.39 Å². The number of nitrogens with two attached hydrogens (primary N) is 1. The molecule has 3 heterocycles. The second kappa shape index (κ2) is 8.45. The van der Waals surface area contributed by atoms with Crippen molar-refractivity contribution < 1.29 is 17.2 Å². The molecule has 0 radical (unpaired) electrons. The van der Waals surface area contributed by atoms with E-state index >= 15 is 0 Å². The Morgan fingerprint density at radius 1 is 1.00 bits per heavy atom. The summed E-state index contributed by atoms with van der Waals surface area (Å²) in [5.41, 5.74) is 1.11. The molecule has 0 saturated carbocycles. The number of hydrogen-bond donors (Lipinski definition) is 1. The number of fused-ring (bicyclic) bond motifs is 1. The maximum absolute atomic E-state index is 13.0. The van der Waals surface area contributed by atoms with Crippen molar-refractivity contribution >= 4 is 44.5 Å². The first-order chi connectivity index (χ1) is 16.3. The van der Waals surface area contributed by atoms with Crippen molar-refractivity contribution in [1.82, 2.24) is 14.6 Å². The molecule has 0 bridgehead atoms. The van der Waals surface area contributed by atoms with Gasteiger partial charge in [0, 0.05) is 11.6 Å². The van der Waals surface area contributed by atoms with Gasteiger partial charge in [-0.2, -0.15) is 9.50 Å². The summed E-state index contributed by atoms with van der Waals surface area (Å²) in [7, 11) is -3.77. The molecule has 0 aliphatic heterocycles. The number of benzene rings is 2. The molecule has 5 aromatic rings. The number of thiazole rings is 1. The Balaban J connectivity index is 1.40. The lowest BCUT2D eigenvalue weighted by Gasteiger charge is -2.00. The number of aromatic nitrogens is 3. The predicted molar refractivity (Wildman–Crippen MR) is 127 cm³/mol. The van der Waals surface area contributed by atoms with Crippen LogP contribution < -0.4 is 15.2 Å². The van der Waals surface area contributed by atoms with Gasteiger partial charge in [0.15, 0.2) is 5.82 Å². The van der Waals surface area contributed by atoms with Gasteiger partial charge < -0.3 is 4.42 Å². The average Bonchev–Trinajstić information content (AvgIpc) is 3.50. The van der Waals surface area contributed by atoms with E-state index in [1.807, 2.05) is 0 Å². The molecule has 0 unspecified atom stereocenters. The molecule has 2 N–H and O–H groups in total. The first-order valence-corrected chi connectivity index (χ1v) is 12.2. The van der Waals surface area contributed by atoms with Crippen molar-refractivity contribution in [2.75, 3.05) is 0 Å². The van der Waals surface area contributed by atoms with E-state index in [0.29, 0.717) is 32.4 Å². The number of halogens is 1. The van der Waals surface area contributed by atoms with E-state index in [4.69, 9.17) is 9.56 Å². The minimum atomic E-state index is -3.77. The minimum Gasteiger partial charge on any atom is -0.457 e. The van der Waals surface area contributed by atoms with Gasteiger partial charge >= 0.3 is 0 Å². The maximum Gasteiger partial charge on any atom is 0.291 e. The lowest BCUT2D eigenvalue weighted by atomic mass is 10.2. The first kappa shape index (κ1) is 21.9. The molecule has 2 aromatic carbocycles. The van der Waals surface area contributed by atoms with Crippen LogP contribution in [0.15, 0.2) is 74.8 Å². The summed E-state index contributed by atoms with van der Waals surface area (Å²) < 4.78 is 43.2. The summed E-state index contributed by atoms with van der Waals surface area (Å²) in [5.74, 6) is 1.000. The third kappa shape index (κ3) is 4.44. The summed E-state index contributed by atoms with van der Waals surface area (Å²) in [6, 6.07) is 15.4. The normalized spacial score (nSPS) is 12.8. The molecule has 0 spiro atoms. The van der Waals surface area contributed by atoms with Gasteiger partial charge in [-0.25, -0.2) is 17.9 Å². The molecule has 3 aromatic heterocycles. The zero-order valence-electron chi connectivity index (χ0n) is 17.3. The molecular weight excluding hydrogens is 479 g/mol. The molecule has 0 fully saturated rings. The topological polar surface area (TPSA) is 121 Å². The van der Waals surface area contributed by atoms with E-state index in [-0.39, 0.29) is 16.3 Å². The SMILES string of the molecule is NS(=O)(=O)c1ccc(-c2ccc(/C=c3\sc4nc(/C=C/c5ccc(F)cc5)nn4c3=O)o2)cc1. The molecule has 34 heavy (non-hydrogen) atoms. The lowest BCUT2D eigenvalue weighted by molar-refractivity contribution is 0.571. The van der Waals surface area contributed by atoms with E-state index in [9.17, 15) is 17.6 Å². The van der Waals surface area contributed by atoms with Crippen LogP contribution in [-0.2, 0) is 10.0 Å². The quantitative estimate of drug-likeness (QED) is 0.401. The van der Waals surface area contributed by atoms with Crippen LogP contribution in [0.3, 0.4) is 0 Å². The first-order valence-electron chi connectivity index (χ1n) is 9.84. The van der Waals surface area contributed by atoms with Crippen molar-refractivity contribution in [2.24, 2.45) is 5.14 Å². The number of nitrogens with zero attached hydrogens (tertiary/aromatic N) is 3. The Hall–Kier alpha value is -3.93. The molecule has 8 nitrogen and oxygen atoms in total. The minimum absolute atomic E-state index is 0.00639. The highest BCUT2D eigenvalue weighted by Gasteiger charge is 2.11. The van der Waals surface area contributed by atoms with Gasteiger partial charge in [0.2, 0.25) is 15.0 Å². The molecule has 0 aliphatic rings. The van der Waals surface area contributed by atoms with Crippen molar-refractivity contribution in [3.63, 3.8) is 0 Å². The Bertz CT molecular complexity index is 1750. The summed E-state index contributed by atoms with van der Waals surface area (Å²) >= 11 is 1.17. The Morgan fingerprint density at radius 2 is 1.74 bits per heavy atom. The maximum atomic E-state index is 13.0. The Labute approximate surface area is 196 Å². The van der Waals surface area contributed by atoms with Crippen molar-refractivity contribution in [3.05, 3.63) is 98.5 Å². The molecule has 11 heteroatoms. The highest BCUT2D eigenvalue weighted by atomic mass is 32.2. The molecule has 5 rings (SSSR count). The second-order valence-electron chi connectivity index (χ2n) is 7.24. The molecule has 170 valence electrons. The average molecular weight is 495 g/mol. The van der Waals surface area contributed by atoms with Gasteiger partial charge in [-0.05, 0) is 60.2 Å². The number of primary sulfonamides is 1. The largest absolute Gasteiger partial charge is 0.457 e. The summed E-state index contributed by atoms with van der Waals surface area (Å²) in [6.45, 7) is 0. The van der Waals surface area contributed by atoms with Crippen LogP contribution in [0.25, 0.3) is 34.5 Å². The molecule has 0 atom stereocenters. The summed E-state index contributed by atoms with van der Waals surface area (Å²) in [4.78, 5) is 17.5. The van der Waals surface area contributed by atoms with Gasteiger partial charge in [-0.3, -0.25) is 4.79 Å². The molecule has 0 saturated heterocycles. The monoisotopic (exact) mass is 494 g/mol. The second-order valence-corrected chi connectivity index (χ2v) is 9.81. The fourth-order valence-corrected chi connectivity index (χ4v) is 4.60. The van der Waals surface area contributed by atoms with Crippen LogP contribution in [0.5, 0.6) is 0 Å². The van der Waals surface area contributed by atoms with Crippen LogP contribution in [-0.4, -0.2) is 23.0 Å². The third-order valence-corrected chi connectivity index (χ3v) is 6.75. The standard InChI is InChI=1S/C23H15FN4O4S2/c24-16-6-1-14(2-7-16)3-12-21-26-23-28(27-21)22(29)20(33-23)13-17-8-11-19(32-17)15-4-9-18(10-5-15)34(25,30)31/h1-13H,(H2,25,30,31)/b12-3+,20-13-. The smallest absolute Gasteiger partial charge is 0.291 e. The number of furan rings is 1. The van der Waals surface area contributed by atoms with E-state index in [0.717, 1.165) is 5.56 Å². The van der Waals surface area contributed by atoms with E-state index in [2.05, 4.69) is 10.1 Å². The van der Waals surface area contributed by atoms with Gasteiger partial charge in [-0.1, -0.05) is 29.5 Å². The summed E-state index contributed by atoms with van der Waals surface area (Å²) in [5, 5.41) is 9.34. The van der Waals surface area contributed by atoms with Crippen LogP contribution in [0, 0.1) is 5.82 Å². The molecule has 0 aliphatic carbocycles. The highest BCUT2D eigenvalue weighted by Crippen LogP contribution is 2.24. The molecule has 0 amide bonds. The van der Waals surface area contributed by atoms with E-state index in [1.54, 1.807) is 54.6 Å². The van der Waals surface area contributed by atoms with Gasteiger partial charge in [-0.15, -0.1) is 5.10 Å². The van der Waals surface area contributed by atoms with Gasteiger partial charge in [0.1, 0.15) is 21.9 Å². The Kier molecular flexibility index (Phi) is 5.44. The fourth-order valence-electron chi connectivity index (χ4n) is 3.19. The fraction of sp³-hybridized carbons (Fsp3) is 0. The number of sulfonamides is 1. The lowest BCUT2D eigenvalue weighted by Crippen LogP contribution is -2.23. The zero-order valence-corrected chi connectivity index (χ0v) is 18.9. The van der Waals surface area contributed by atoms with Gasteiger partial charge in [0.05, 0.1) is 4.90 Å². The van der Waals surface area contributed by atoms with Crippen molar-refractivity contribution in [2.45, 2.75) is 4.90 Å². The van der Waals surface area contributed by atoms with Crippen molar-refractivity contribution in [1.29, 1.82) is 0 Å². The van der Waals surface area contributed by atoms with E-state index < -0.39 is 10.0 Å². The number of rotatable bonds is 5. The van der Waals surface area contributed by atoms with Crippen molar-refractivity contribution in [3.8, 4) is 11.3 Å².